The maximum absolute atomic E-state index is 12.6. The van der Waals surface area contributed by atoms with Crippen LogP contribution in [0.4, 0.5) is 5.69 Å². The maximum Gasteiger partial charge on any atom is 0.257 e. The predicted octanol–water partition coefficient (Wildman–Crippen LogP) is 5.50. The number of aromatic nitrogens is 3. The molecule has 3 aromatic carbocycles. The van der Waals surface area contributed by atoms with Gasteiger partial charge in [0.25, 0.3) is 5.91 Å². The molecule has 4 rings (SSSR count). The van der Waals surface area contributed by atoms with E-state index in [0.717, 1.165) is 11.3 Å². The Morgan fingerprint density at radius 3 is 2.22 bits per heavy atom. The number of rotatable bonds is 3. The summed E-state index contributed by atoms with van der Waals surface area (Å²) in [6, 6.07) is 20.5. The molecule has 0 aliphatic rings. The molecule has 0 bridgehead atoms. The van der Waals surface area contributed by atoms with Gasteiger partial charge in [0.15, 0.2) is 5.11 Å². The van der Waals surface area contributed by atoms with Gasteiger partial charge in [0, 0.05) is 5.56 Å². The zero-order valence-corrected chi connectivity index (χ0v) is 19.5. The van der Waals surface area contributed by atoms with Gasteiger partial charge in [-0.25, -0.2) is 0 Å². The van der Waals surface area contributed by atoms with E-state index in [0.29, 0.717) is 27.3 Å². The lowest BCUT2D eigenvalue weighted by Crippen LogP contribution is -2.34. The monoisotopic (exact) mass is 463 g/mol. The first-order chi connectivity index (χ1) is 15.2. The third kappa shape index (κ3) is 4.79. The Kier molecular flexibility index (Phi) is 5.95. The summed E-state index contributed by atoms with van der Waals surface area (Å²) in [5.41, 5.74) is 4.37. The second kappa shape index (κ2) is 8.68. The van der Waals surface area contributed by atoms with E-state index in [1.165, 1.54) is 0 Å². The summed E-state index contributed by atoms with van der Waals surface area (Å²) in [5.74, 6) is -0.296. The quantitative estimate of drug-likeness (QED) is 0.392. The van der Waals surface area contributed by atoms with Crippen LogP contribution in [0.1, 0.15) is 36.7 Å². The van der Waals surface area contributed by atoms with Gasteiger partial charge in [-0.3, -0.25) is 10.1 Å². The van der Waals surface area contributed by atoms with Crippen LogP contribution in [0.25, 0.3) is 16.7 Å². The zero-order valence-electron chi connectivity index (χ0n) is 17.9. The third-order valence-electron chi connectivity index (χ3n) is 4.94. The Bertz CT molecular complexity index is 1290. The van der Waals surface area contributed by atoms with Gasteiger partial charge in [0.1, 0.15) is 11.0 Å². The lowest BCUT2D eigenvalue weighted by molar-refractivity contribution is 0.0977. The first kappa shape index (κ1) is 21.9. The molecule has 0 aliphatic heterocycles. The van der Waals surface area contributed by atoms with Crippen molar-refractivity contribution in [1.29, 1.82) is 0 Å². The van der Waals surface area contributed by atoms with Crippen molar-refractivity contribution in [3.8, 4) is 5.69 Å². The van der Waals surface area contributed by atoms with Gasteiger partial charge in [-0.2, -0.15) is 4.80 Å². The number of amides is 1. The molecule has 0 aliphatic carbocycles. The summed E-state index contributed by atoms with van der Waals surface area (Å²) in [4.78, 5) is 14.1. The molecule has 162 valence electrons. The summed E-state index contributed by atoms with van der Waals surface area (Å²) in [6.45, 7) is 6.38. The van der Waals surface area contributed by atoms with Crippen molar-refractivity contribution < 1.29 is 4.79 Å². The lowest BCUT2D eigenvalue weighted by atomic mass is 9.87. The number of benzene rings is 3. The van der Waals surface area contributed by atoms with Crippen LogP contribution in [0.3, 0.4) is 0 Å². The van der Waals surface area contributed by atoms with E-state index >= 15 is 0 Å². The summed E-state index contributed by atoms with van der Waals surface area (Å²) in [6.07, 6.45) is 0. The normalized spacial score (nSPS) is 11.4. The van der Waals surface area contributed by atoms with E-state index in [4.69, 9.17) is 23.8 Å². The summed E-state index contributed by atoms with van der Waals surface area (Å²) >= 11 is 11.7. The van der Waals surface area contributed by atoms with E-state index < -0.39 is 0 Å². The molecule has 1 amide bonds. The van der Waals surface area contributed by atoms with Gasteiger partial charge in [0.05, 0.1) is 16.4 Å². The second-order valence-electron chi connectivity index (χ2n) is 8.38. The van der Waals surface area contributed by atoms with Gasteiger partial charge in [-0.15, -0.1) is 10.2 Å². The molecule has 4 aromatic rings. The fraction of sp³-hybridized carbons (Fsp3) is 0.167. The molecule has 0 unspecified atom stereocenters. The fourth-order valence-corrected chi connectivity index (χ4v) is 3.57. The Morgan fingerprint density at radius 2 is 1.59 bits per heavy atom. The number of nitrogens with zero attached hydrogens (tertiary/aromatic N) is 3. The van der Waals surface area contributed by atoms with Crippen LogP contribution >= 0.6 is 23.8 Å². The highest BCUT2D eigenvalue weighted by Gasteiger charge is 2.15. The molecule has 1 heterocycles. The highest BCUT2D eigenvalue weighted by atomic mass is 35.5. The van der Waals surface area contributed by atoms with Crippen molar-refractivity contribution in [3.05, 3.63) is 82.9 Å². The molecule has 8 heteroatoms. The summed E-state index contributed by atoms with van der Waals surface area (Å²) < 4.78 is 0. The highest BCUT2D eigenvalue weighted by molar-refractivity contribution is 7.80. The molecule has 1 aromatic heterocycles. The van der Waals surface area contributed by atoms with Crippen LogP contribution in [0.15, 0.2) is 66.7 Å². The average molecular weight is 464 g/mol. The smallest absolute Gasteiger partial charge is 0.257 e. The number of hydrogen-bond acceptors (Lipinski definition) is 4. The number of nitrogens with one attached hydrogen (secondary N) is 2. The molecule has 6 nitrogen and oxygen atoms in total. The minimum Gasteiger partial charge on any atom is -0.331 e. The van der Waals surface area contributed by atoms with E-state index in [-0.39, 0.29) is 16.4 Å². The van der Waals surface area contributed by atoms with Crippen LogP contribution in [-0.4, -0.2) is 26.0 Å². The van der Waals surface area contributed by atoms with Crippen LogP contribution in [0.5, 0.6) is 0 Å². The number of thiocarbonyl (C=S) groups is 1. The molecule has 0 radical (unpaired) electrons. The third-order valence-corrected chi connectivity index (χ3v) is 5.46. The minimum atomic E-state index is -0.296. The number of para-hydroxylation sites is 1. The Balaban J connectivity index is 1.48. The van der Waals surface area contributed by atoms with Gasteiger partial charge < -0.3 is 5.32 Å². The molecule has 2 N–H and O–H groups in total. The van der Waals surface area contributed by atoms with Crippen LogP contribution in [0, 0.1) is 0 Å². The van der Waals surface area contributed by atoms with E-state index in [1.807, 2.05) is 42.5 Å². The van der Waals surface area contributed by atoms with E-state index in [9.17, 15) is 4.79 Å². The molecule has 32 heavy (non-hydrogen) atoms. The average Bonchev–Trinajstić information content (AvgIpc) is 3.16. The number of hydrogen-bond donors (Lipinski definition) is 2. The van der Waals surface area contributed by atoms with Gasteiger partial charge in [0.2, 0.25) is 0 Å². The minimum absolute atomic E-state index is 0.0175. The lowest BCUT2D eigenvalue weighted by Gasteiger charge is -2.19. The first-order valence-electron chi connectivity index (χ1n) is 10.1. The SMILES string of the molecule is CC(C)(C)c1ccc(C(=O)NC(=S)Nc2cc3nn(-c4ccccc4)nc3cc2Cl)cc1. The van der Waals surface area contributed by atoms with Gasteiger partial charge in [-0.1, -0.05) is 62.7 Å². The molecular formula is C24H22ClN5OS. The predicted molar refractivity (Wildman–Crippen MR) is 133 cm³/mol. The highest BCUT2D eigenvalue weighted by Crippen LogP contribution is 2.27. The number of fused-ring (bicyclic) bond motifs is 1. The fourth-order valence-electron chi connectivity index (χ4n) is 3.16. The van der Waals surface area contributed by atoms with Gasteiger partial charge >= 0.3 is 0 Å². The number of anilines is 1. The Labute approximate surface area is 196 Å². The molecule has 0 spiro atoms. The topological polar surface area (TPSA) is 71.8 Å². The van der Waals surface area contributed by atoms with E-state index in [2.05, 4.69) is 41.6 Å². The Morgan fingerprint density at radius 1 is 0.969 bits per heavy atom. The zero-order chi connectivity index (χ0) is 22.9. The summed E-state index contributed by atoms with van der Waals surface area (Å²) in [5, 5.41) is 15.2. The summed E-state index contributed by atoms with van der Waals surface area (Å²) in [7, 11) is 0. The second-order valence-corrected chi connectivity index (χ2v) is 9.20. The van der Waals surface area contributed by atoms with Crippen LogP contribution < -0.4 is 10.6 Å². The molecule has 0 fully saturated rings. The van der Waals surface area contributed by atoms with Crippen molar-refractivity contribution in [1.82, 2.24) is 20.3 Å². The number of carbonyl (C=O) groups is 1. The van der Waals surface area contributed by atoms with Crippen LogP contribution in [-0.2, 0) is 5.41 Å². The first-order valence-corrected chi connectivity index (χ1v) is 10.8. The van der Waals surface area contributed by atoms with Crippen LogP contribution in [0.2, 0.25) is 5.02 Å². The number of carbonyl (C=O) groups excluding carboxylic acids is 1. The van der Waals surface area contributed by atoms with Crippen molar-refractivity contribution in [2.75, 3.05) is 5.32 Å². The van der Waals surface area contributed by atoms with Crippen molar-refractivity contribution in [2.45, 2.75) is 26.2 Å². The molecule has 0 saturated carbocycles. The van der Waals surface area contributed by atoms with Crippen molar-refractivity contribution in [3.63, 3.8) is 0 Å². The van der Waals surface area contributed by atoms with Crippen molar-refractivity contribution >= 4 is 51.6 Å². The molecule has 0 saturated heterocycles. The standard InChI is InChI=1S/C24H22ClN5OS/c1-24(2,3)16-11-9-15(10-12-16)22(31)27-23(32)26-19-14-21-20(13-18(19)25)28-30(29-21)17-7-5-4-6-8-17/h4-14H,1-3H3,(H2,26,27,31,32). The largest absolute Gasteiger partial charge is 0.331 e. The molecular weight excluding hydrogens is 442 g/mol. The van der Waals surface area contributed by atoms with Crippen molar-refractivity contribution in [2.24, 2.45) is 0 Å². The maximum atomic E-state index is 12.6. The Hall–Kier alpha value is -3.29. The number of halogens is 1. The van der Waals surface area contributed by atoms with Gasteiger partial charge in [-0.05, 0) is 59.6 Å². The van der Waals surface area contributed by atoms with E-state index in [1.54, 1.807) is 29.1 Å². The molecule has 0 atom stereocenters.